The van der Waals surface area contributed by atoms with Crippen molar-refractivity contribution >= 4 is 11.7 Å². The van der Waals surface area contributed by atoms with Gasteiger partial charge in [-0.2, -0.15) is 0 Å². The van der Waals surface area contributed by atoms with Gasteiger partial charge in [0.15, 0.2) is 0 Å². The molecular weight excluding hydrogens is 204 g/mol. The number of amides is 1. The maximum absolute atomic E-state index is 11.3. The highest BCUT2D eigenvalue weighted by Crippen LogP contribution is 2.18. The Labute approximate surface area is 95.4 Å². The number of aromatic nitrogens is 1. The molecule has 0 unspecified atom stereocenters. The molecule has 1 aromatic heterocycles. The van der Waals surface area contributed by atoms with E-state index in [2.05, 4.69) is 4.98 Å². The van der Waals surface area contributed by atoms with Gasteiger partial charge in [0.1, 0.15) is 5.82 Å². The molecule has 5 heteroatoms. The van der Waals surface area contributed by atoms with Gasteiger partial charge in [-0.15, -0.1) is 0 Å². The van der Waals surface area contributed by atoms with Crippen molar-refractivity contribution < 1.29 is 4.79 Å². The number of hydrogen-bond donors (Lipinski definition) is 2. The van der Waals surface area contributed by atoms with Crippen molar-refractivity contribution in [3.8, 4) is 0 Å². The second kappa shape index (κ2) is 5.46. The zero-order valence-electron chi connectivity index (χ0n) is 9.68. The molecule has 0 spiro atoms. The number of primary amides is 1. The lowest BCUT2D eigenvalue weighted by Crippen LogP contribution is -2.37. The topological polar surface area (TPSA) is 85.2 Å². The lowest BCUT2D eigenvalue weighted by Gasteiger charge is -2.28. The molecule has 0 saturated heterocycles. The van der Waals surface area contributed by atoms with Crippen LogP contribution in [0.25, 0.3) is 0 Å². The summed E-state index contributed by atoms with van der Waals surface area (Å²) in [6.07, 6.45) is 1.65. The SMILES string of the molecule is CC(C)N(CCN)c1ncccc1C(N)=O. The first kappa shape index (κ1) is 12.4. The lowest BCUT2D eigenvalue weighted by atomic mass is 10.2. The van der Waals surface area contributed by atoms with Gasteiger partial charge in [0.25, 0.3) is 5.91 Å². The Hall–Kier alpha value is -1.62. The van der Waals surface area contributed by atoms with E-state index in [1.807, 2.05) is 18.7 Å². The fourth-order valence-corrected chi connectivity index (χ4v) is 1.57. The molecular formula is C11H18N4O. The Morgan fingerprint density at radius 3 is 2.75 bits per heavy atom. The quantitative estimate of drug-likeness (QED) is 0.753. The summed E-state index contributed by atoms with van der Waals surface area (Å²) in [4.78, 5) is 17.5. The minimum Gasteiger partial charge on any atom is -0.365 e. The average molecular weight is 222 g/mol. The van der Waals surface area contributed by atoms with Gasteiger partial charge < -0.3 is 16.4 Å². The first-order valence-electron chi connectivity index (χ1n) is 5.29. The minimum absolute atomic E-state index is 0.219. The first-order valence-corrected chi connectivity index (χ1v) is 5.29. The number of carbonyl (C=O) groups excluding carboxylic acids is 1. The Morgan fingerprint density at radius 2 is 2.25 bits per heavy atom. The van der Waals surface area contributed by atoms with Crippen LogP contribution in [-0.4, -0.2) is 30.0 Å². The van der Waals surface area contributed by atoms with E-state index in [9.17, 15) is 4.79 Å². The van der Waals surface area contributed by atoms with E-state index in [-0.39, 0.29) is 6.04 Å². The predicted molar refractivity (Wildman–Crippen MR) is 64.3 cm³/mol. The smallest absolute Gasteiger partial charge is 0.252 e. The van der Waals surface area contributed by atoms with Gasteiger partial charge in [0, 0.05) is 25.3 Å². The number of nitrogens with zero attached hydrogens (tertiary/aromatic N) is 2. The van der Waals surface area contributed by atoms with E-state index in [0.29, 0.717) is 24.5 Å². The van der Waals surface area contributed by atoms with Gasteiger partial charge in [0.2, 0.25) is 0 Å². The van der Waals surface area contributed by atoms with Gasteiger partial charge in [-0.25, -0.2) is 4.98 Å². The van der Waals surface area contributed by atoms with Crippen LogP contribution >= 0.6 is 0 Å². The largest absolute Gasteiger partial charge is 0.365 e. The van der Waals surface area contributed by atoms with Crippen LogP contribution in [-0.2, 0) is 0 Å². The van der Waals surface area contributed by atoms with Crippen molar-refractivity contribution in [3.63, 3.8) is 0 Å². The van der Waals surface area contributed by atoms with E-state index in [4.69, 9.17) is 11.5 Å². The average Bonchev–Trinajstić information content (AvgIpc) is 2.25. The predicted octanol–water partition coefficient (Wildman–Crippen LogP) is 0.354. The molecule has 0 aromatic carbocycles. The molecule has 0 fully saturated rings. The molecule has 0 aliphatic carbocycles. The number of nitrogens with two attached hydrogens (primary N) is 2. The monoisotopic (exact) mass is 222 g/mol. The van der Waals surface area contributed by atoms with Gasteiger partial charge in [-0.1, -0.05) is 0 Å². The molecule has 0 bridgehead atoms. The van der Waals surface area contributed by atoms with Crippen LogP contribution in [0.1, 0.15) is 24.2 Å². The van der Waals surface area contributed by atoms with Crippen LogP contribution in [0.15, 0.2) is 18.3 Å². The Kier molecular flexibility index (Phi) is 4.25. The van der Waals surface area contributed by atoms with Crippen molar-refractivity contribution in [2.45, 2.75) is 19.9 Å². The maximum Gasteiger partial charge on any atom is 0.252 e. The summed E-state index contributed by atoms with van der Waals surface area (Å²) in [6.45, 7) is 5.20. The summed E-state index contributed by atoms with van der Waals surface area (Å²) in [7, 11) is 0. The zero-order chi connectivity index (χ0) is 12.1. The molecule has 0 radical (unpaired) electrons. The summed E-state index contributed by atoms with van der Waals surface area (Å²) in [6, 6.07) is 3.60. The number of pyridine rings is 1. The van der Waals surface area contributed by atoms with Gasteiger partial charge in [-0.3, -0.25) is 4.79 Å². The van der Waals surface area contributed by atoms with E-state index >= 15 is 0 Å². The second-order valence-corrected chi connectivity index (χ2v) is 3.81. The molecule has 88 valence electrons. The number of anilines is 1. The summed E-state index contributed by atoms with van der Waals surface area (Å²) >= 11 is 0. The zero-order valence-corrected chi connectivity index (χ0v) is 9.68. The van der Waals surface area contributed by atoms with Gasteiger partial charge >= 0.3 is 0 Å². The Morgan fingerprint density at radius 1 is 1.56 bits per heavy atom. The van der Waals surface area contributed by atoms with Crippen molar-refractivity contribution in [3.05, 3.63) is 23.9 Å². The number of rotatable bonds is 5. The molecule has 0 aliphatic heterocycles. The molecule has 1 rings (SSSR count). The third kappa shape index (κ3) is 2.70. The summed E-state index contributed by atoms with van der Waals surface area (Å²) < 4.78 is 0. The summed E-state index contributed by atoms with van der Waals surface area (Å²) in [5.74, 6) is 0.140. The first-order chi connectivity index (χ1) is 7.57. The fraction of sp³-hybridized carbons (Fsp3) is 0.455. The highest BCUT2D eigenvalue weighted by molar-refractivity contribution is 5.97. The van der Waals surface area contributed by atoms with Gasteiger partial charge in [0.05, 0.1) is 5.56 Å². The van der Waals surface area contributed by atoms with Crippen LogP contribution in [0.4, 0.5) is 5.82 Å². The molecule has 0 atom stereocenters. The Balaban J connectivity index is 3.12. The van der Waals surface area contributed by atoms with E-state index < -0.39 is 5.91 Å². The third-order valence-corrected chi connectivity index (χ3v) is 2.32. The molecule has 16 heavy (non-hydrogen) atoms. The standard InChI is InChI=1S/C11H18N4O/c1-8(2)15(7-5-12)11-9(10(13)16)4-3-6-14-11/h3-4,6,8H,5,7,12H2,1-2H3,(H2,13,16). The maximum atomic E-state index is 11.3. The minimum atomic E-state index is -0.467. The summed E-state index contributed by atoms with van der Waals surface area (Å²) in [5.41, 5.74) is 11.3. The molecule has 1 aromatic rings. The third-order valence-electron chi connectivity index (χ3n) is 2.32. The van der Waals surface area contributed by atoms with Crippen LogP contribution in [0.3, 0.4) is 0 Å². The highest BCUT2D eigenvalue weighted by atomic mass is 16.1. The van der Waals surface area contributed by atoms with Crippen LogP contribution in [0.2, 0.25) is 0 Å². The molecule has 0 saturated carbocycles. The van der Waals surface area contributed by atoms with Crippen LogP contribution < -0.4 is 16.4 Å². The lowest BCUT2D eigenvalue weighted by molar-refractivity contribution is 0.100. The molecule has 5 nitrogen and oxygen atoms in total. The van der Waals surface area contributed by atoms with E-state index in [0.717, 1.165) is 0 Å². The summed E-state index contributed by atoms with van der Waals surface area (Å²) in [5, 5.41) is 0. The van der Waals surface area contributed by atoms with Crippen LogP contribution in [0, 0.1) is 0 Å². The fourth-order valence-electron chi connectivity index (χ4n) is 1.57. The highest BCUT2D eigenvalue weighted by Gasteiger charge is 2.17. The van der Waals surface area contributed by atoms with E-state index in [1.54, 1.807) is 18.3 Å². The van der Waals surface area contributed by atoms with Crippen LogP contribution in [0.5, 0.6) is 0 Å². The van der Waals surface area contributed by atoms with E-state index in [1.165, 1.54) is 0 Å². The Bertz CT molecular complexity index is 365. The molecule has 1 heterocycles. The van der Waals surface area contributed by atoms with Crippen molar-refractivity contribution in [2.24, 2.45) is 11.5 Å². The van der Waals surface area contributed by atoms with Crippen molar-refractivity contribution in [2.75, 3.05) is 18.0 Å². The van der Waals surface area contributed by atoms with Crippen molar-refractivity contribution in [1.82, 2.24) is 4.98 Å². The molecule has 4 N–H and O–H groups in total. The number of hydrogen-bond acceptors (Lipinski definition) is 4. The van der Waals surface area contributed by atoms with Crippen molar-refractivity contribution in [1.29, 1.82) is 0 Å². The van der Waals surface area contributed by atoms with Gasteiger partial charge in [-0.05, 0) is 26.0 Å². The second-order valence-electron chi connectivity index (χ2n) is 3.81. The normalized spacial score (nSPS) is 10.5. The molecule has 0 aliphatic rings. The number of carbonyl (C=O) groups is 1. The molecule has 1 amide bonds.